The van der Waals surface area contributed by atoms with Crippen molar-refractivity contribution in [2.24, 2.45) is 0 Å². The van der Waals surface area contributed by atoms with Gasteiger partial charge in [-0.3, -0.25) is 20.2 Å². The molecule has 3 rings (SSSR count). The van der Waals surface area contributed by atoms with E-state index in [0.29, 0.717) is 5.56 Å². The van der Waals surface area contributed by atoms with Gasteiger partial charge in [0.05, 0.1) is 5.02 Å². The number of hydrogen-bond donors (Lipinski definition) is 2. The highest BCUT2D eigenvalue weighted by molar-refractivity contribution is 6.36. The Hall–Kier alpha value is -2.90. The lowest BCUT2D eigenvalue weighted by molar-refractivity contribution is -0.123. The van der Waals surface area contributed by atoms with Crippen LogP contribution < -0.4 is 15.4 Å². The quantitative estimate of drug-likeness (QED) is 0.599. The number of nitrogens with one attached hydrogen (secondary N) is 2. The van der Waals surface area contributed by atoms with Crippen molar-refractivity contribution in [3.8, 4) is 5.75 Å². The number of imide groups is 2. The Morgan fingerprint density at radius 3 is 2.41 bits per heavy atom. The van der Waals surface area contributed by atoms with E-state index in [2.05, 4.69) is 0 Å². The lowest BCUT2D eigenvalue weighted by Gasteiger charge is -2.16. The zero-order valence-corrected chi connectivity index (χ0v) is 15.0. The number of amides is 4. The Kier molecular flexibility index (Phi) is 5.43. The van der Waals surface area contributed by atoms with E-state index in [1.807, 2.05) is 10.6 Å². The van der Waals surface area contributed by atoms with Crippen molar-refractivity contribution in [3.05, 3.63) is 69.0 Å². The van der Waals surface area contributed by atoms with E-state index in [-0.39, 0.29) is 33.5 Å². The molecule has 1 aliphatic rings. The van der Waals surface area contributed by atoms with Crippen LogP contribution in [0.1, 0.15) is 11.1 Å². The highest BCUT2D eigenvalue weighted by Gasteiger charge is 2.28. The average Bonchev–Trinajstić information content (AvgIpc) is 2.57. The van der Waals surface area contributed by atoms with Gasteiger partial charge >= 0.3 is 6.03 Å². The highest BCUT2D eigenvalue weighted by Crippen LogP contribution is 2.34. The normalized spacial score (nSPS) is 13.9. The molecule has 0 atom stereocenters. The number of halogens is 3. The van der Waals surface area contributed by atoms with Crippen molar-refractivity contribution in [2.75, 3.05) is 0 Å². The minimum absolute atomic E-state index is 0.00777. The van der Waals surface area contributed by atoms with Gasteiger partial charge < -0.3 is 4.74 Å². The van der Waals surface area contributed by atoms with E-state index in [9.17, 15) is 18.8 Å². The molecular formula is C18H11Cl2FN2O4. The third-order valence-corrected chi connectivity index (χ3v) is 4.05. The van der Waals surface area contributed by atoms with Gasteiger partial charge in [-0.2, -0.15) is 0 Å². The lowest BCUT2D eigenvalue weighted by Crippen LogP contribution is -2.51. The molecule has 0 aromatic heterocycles. The Morgan fingerprint density at radius 2 is 1.74 bits per heavy atom. The minimum atomic E-state index is -0.908. The highest BCUT2D eigenvalue weighted by atomic mass is 35.5. The van der Waals surface area contributed by atoms with Gasteiger partial charge in [0.1, 0.15) is 23.7 Å². The second kappa shape index (κ2) is 7.77. The number of urea groups is 1. The fraction of sp³-hybridized carbons (Fsp3) is 0.0556. The molecule has 0 unspecified atom stereocenters. The predicted octanol–water partition coefficient (Wildman–Crippen LogP) is 3.46. The van der Waals surface area contributed by atoms with E-state index >= 15 is 0 Å². The van der Waals surface area contributed by atoms with Crippen LogP contribution in [0.15, 0.2) is 42.0 Å². The van der Waals surface area contributed by atoms with Crippen LogP contribution in [0.25, 0.3) is 6.08 Å². The fourth-order valence-electron chi connectivity index (χ4n) is 2.38. The molecule has 27 heavy (non-hydrogen) atoms. The molecule has 1 fully saturated rings. The molecule has 0 aliphatic carbocycles. The van der Waals surface area contributed by atoms with Crippen molar-refractivity contribution in [2.45, 2.75) is 6.61 Å². The summed E-state index contributed by atoms with van der Waals surface area (Å²) >= 11 is 12.2. The van der Waals surface area contributed by atoms with E-state index < -0.39 is 23.7 Å². The molecule has 2 aromatic carbocycles. The first kappa shape index (κ1) is 18.9. The zero-order valence-electron chi connectivity index (χ0n) is 13.5. The largest absolute Gasteiger partial charge is 0.487 e. The molecule has 4 amide bonds. The molecular weight excluding hydrogens is 398 g/mol. The van der Waals surface area contributed by atoms with Gasteiger partial charge in [0.25, 0.3) is 11.8 Å². The molecule has 0 bridgehead atoms. The molecule has 0 saturated carbocycles. The SMILES string of the molecule is O=C1NC(=O)C(=Cc2cc(Cl)cc(Cl)c2OCc2cccc(F)c2)C(=O)N1. The minimum Gasteiger partial charge on any atom is -0.487 e. The summed E-state index contributed by atoms with van der Waals surface area (Å²) < 4.78 is 19.0. The Balaban J connectivity index is 1.95. The molecule has 1 heterocycles. The molecule has 6 nitrogen and oxygen atoms in total. The summed E-state index contributed by atoms with van der Waals surface area (Å²) in [6.07, 6.45) is 1.20. The number of barbiturate groups is 1. The van der Waals surface area contributed by atoms with Crippen LogP contribution in [0.3, 0.4) is 0 Å². The lowest BCUT2D eigenvalue weighted by atomic mass is 10.1. The van der Waals surface area contributed by atoms with Crippen LogP contribution in [0.5, 0.6) is 5.75 Å². The first-order valence-corrected chi connectivity index (χ1v) is 8.34. The second-order valence-electron chi connectivity index (χ2n) is 5.52. The summed E-state index contributed by atoms with van der Waals surface area (Å²) in [5, 5.41) is 4.32. The molecule has 1 saturated heterocycles. The average molecular weight is 409 g/mol. The second-order valence-corrected chi connectivity index (χ2v) is 6.36. The van der Waals surface area contributed by atoms with Gasteiger partial charge in [-0.05, 0) is 35.9 Å². The molecule has 1 aliphatic heterocycles. The fourth-order valence-corrected chi connectivity index (χ4v) is 2.95. The van der Waals surface area contributed by atoms with Crippen LogP contribution in [0.2, 0.25) is 10.0 Å². The Bertz CT molecular complexity index is 969. The summed E-state index contributed by atoms with van der Waals surface area (Å²) in [6.45, 7) is -0.00777. The van der Waals surface area contributed by atoms with E-state index in [4.69, 9.17) is 27.9 Å². The zero-order chi connectivity index (χ0) is 19.6. The number of carbonyl (C=O) groups is 3. The molecule has 2 aromatic rings. The summed E-state index contributed by atoms with van der Waals surface area (Å²) in [7, 11) is 0. The number of ether oxygens (including phenoxy) is 1. The van der Waals surface area contributed by atoms with Crippen molar-refractivity contribution in [1.29, 1.82) is 0 Å². The summed E-state index contributed by atoms with van der Waals surface area (Å²) in [5.74, 6) is -2.00. The summed E-state index contributed by atoms with van der Waals surface area (Å²) in [6, 6.07) is 7.77. The Labute approximate surface area is 162 Å². The number of benzene rings is 2. The first-order valence-electron chi connectivity index (χ1n) is 7.58. The van der Waals surface area contributed by atoms with Crippen LogP contribution in [-0.4, -0.2) is 17.8 Å². The maximum atomic E-state index is 13.3. The topological polar surface area (TPSA) is 84.5 Å². The van der Waals surface area contributed by atoms with Crippen LogP contribution in [-0.2, 0) is 16.2 Å². The van der Waals surface area contributed by atoms with Crippen LogP contribution >= 0.6 is 23.2 Å². The van der Waals surface area contributed by atoms with Gasteiger partial charge in [0, 0.05) is 10.6 Å². The molecule has 2 N–H and O–H groups in total. The van der Waals surface area contributed by atoms with Crippen molar-refractivity contribution < 1.29 is 23.5 Å². The van der Waals surface area contributed by atoms with E-state index in [1.54, 1.807) is 6.07 Å². The Morgan fingerprint density at radius 1 is 1.04 bits per heavy atom. The molecule has 138 valence electrons. The predicted molar refractivity (Wildman–Crippen MR) is 96.9 cm³/mol. The van der Waals surface area contributed by atoms with Gasteiger partial charge in [0.2, 0.25) is 0 Å². The van der Waals surface area contributed by atoms with Crippen molar-refractivity contribution in [1.82, 2.24) is 10.6 Å². The third kappa shape index (κ3) is 4.45. The molecule has 0 radical (unpaired) electrons. The number of carbonyl (C=O) groups excluding carboxylic acids is 3. The molecule has 9 heteroatoms. The van der Waals surface area contributed by atoms with Crippen LogP contribution in [0.4, 0.5) is 9.18 Å². The molecule has 0 spiro atoms. The summed E-state index contributed by atoms with van der Waals surface area (Å²) in [4.78, 5) is 35.0. The van der Waals surface area contributed by atoms with Crippen LogP contribution in [0, 0.1) is 5.82 Å². The monoisotopic (exact) mass is 408 g/mol. The van der Waals surface area contributed by atoms with Gasteiger partial charge in [-0.15, -0.1) is 0 Å². The van der Waals surface area contributed by atoms with Crippen molar-refractivity contribution >= 4 is 47.1 Å². The van der Waals surface area contributed by atoms with Gasteiger partial charge in [0.15, 0.2) is 0 Å². The number of rotatable bonds is 4. The maximum Gasteiger partial charge on any atom is 0.328 e. The van der Waals surface area contributed by atoms with Gasteiger partial charge in [-0.25, -0.2) is 9.18 Å². The first-order chi connectivity index (χ1) is 12.8. The maximum absolute atomic E-state index is 13.3. The smallest absolute Gasteiger partial charge is 0.328 e. The standard InChI is InChI=1S/C18H11Cl2FN2O4/c19-11-5-10(6-13-16(24)22-18(26)23-17(13)25)15(14(20)7-11)27-8-9-2-1-3-12(21)4-9/h1-7H,8H2,(H2,22,23,24,25,26). The van der Waals surface area contributed by atoms with Crippen molar-refractivity contribution in [3.63, 3.8) is 0 Å². The number of hydrogen-bond acceptors (Lipinski definition) is 4. The third-order valence-electron chi connectivity index (χ3n) is 3.55. The van der Waals surface area contributed by atoms with E-state index in [1.165, 1.54) is 36.4 Å². The van der Waals surface area contributed by atoms with Gasteiger partial charge in [-0.1, -0.05) is 35.3 Å². The van der Waals surface area contributed by atoms with E-state index in [0.717, 1.165) is 0 Å². The summed E-state index contributed by atoms with van der Waals surface area (Å²) in [5.41, 5.74) is 0.487.